The van der Waals surface area contributed by atoms with Crippen LogP contribution in [-0.2, 0) is 4.74 Å². The Balaban J connectivity index is 1.74. The number of aromatic nitrogens is 3. The van der Waals surface area contributed by atoms with E-state index in [1.165, 1.54) is 0 Å². The molecule has 0 radical (unpaired) electrons. The second kappa shape index (κ2) is 7.64. The summed E-state index contributed by atoms with van der Waals surface area (Å²) in [6, 6.07) is 10.6. The van der Waals surface area contributed by atoms with Crippen molar-refractivity contribution in [3.05, 3.63) is 53.4 Å². The fourth-order valence-electron chi connectivity index (χ4n) is 2.28. The maximum absolute atomic E-state index is 11.7. The molecule has 0 saturated heterocycles. The van der Waals surface area contributed by atoms with E-state index in [1.54, 1.807) is 37.3 Å². The van der Waals surface area contributed by atoms with Gasteiger partial charge in [0, 0.05) is 23.5 Å². The molecule has 2 N–H and O–H groups in total. The number of ether oxygens (including phenoxy) is 1. The molecule has 0 atom stereocenters. The molecule has 0 amide bonds. The van der Waals surface area contributed by atoms with Gasteiger partial charge in [0.05, 0.1) is 12.2 Å². The van der Waals surface area contributed by atoms with Gasteiger partial charge >= 0.3 is 5.97 Å². The molecule has 2 aromatic heterocycles. The highest BCUT2D eigenvalue weighted by molar-refractivity contribution is 5.89. The van der Waals surface area contributed by atoms with Crippen LogP contribution < -0.4 is 10.6 Å². The molecular formula is C18H19N5O3. The van der Waals surface area contributed by atoms with E-state index in [9.17, 15) is 4.79 Å². The summed E-state index contributed by atoms with van der Waals surface area (Å²) in [7, 11) is 0. The van der Waals surface area contributed by atoms with E-state index in [0.29, 0.717) is 35.5 Å². The van der Waals surface area contributed by atoms with Crippen molar-refractivity contribution in [1.29, 1.82) is 0 Å². The van der Waals surface area contributed by atoms with Crippen LogP contribution in [0.1, 0.15) is 28.7 Å². The number of nitrogens with zero attached hydrogens (tertiary/aromatic N) is 3. The minimum atomic E-state index is -0.341. The maximum Gasteiger partial charge on any atom is 0.338 e. The van der Waals surface area contributed by atoms with Gasteiger partial charge in [-0.3, -0.25) is 0 Å². The molecule has 0 bridgehead atoms. The Kier molecular flexibility index (Phi) is 5.12. The Bertz CT molecular complexity index is 905. The zero-order chi connectivity index (χ0) is 18.5. The fourth-order valence-corrected chi connectivity index (χ4v) is 2.28. The van der Waals surface area contributed by atoms with Gasteiger partial charge in [0.15, 0.2) is 5.82 Å². The lowest BCUT2D eigenvalue weighted by Gasteiger charge is -2.09. The summed E-state index contributed by atoms with van der Waals surface area (Å²) in [6.45, 7) is 5.80. The van der Waals surface area contributed by atoms with Crippen LogP contribution in [0.3, 0.4) is 0 Å². The lowest BCUT2D eigenvalue weighted by atomic mass is 10.2. The maximum atomic E-state index is 11.7. The molecule has 134 valence electrons. The van der Waals surface area contributed by atoms with E-state index in [-0.39, 0.29) is 5.97 Å². The van der Waals surface area contributed by atoms with Crippen LogP contribution in [0, 0.1) is 13.8 Å². The van der Waals surface area contributed by atoms with Crippen molar-refractivity contribution in [3.63, 3.8) is 0 Å². The van der Waals surface area contributed by atoms with Crippen LogP contribution >= 0.6 is 0 Å². The quantitative estimate of drug-likeness (QED) is 0.646. The van der Waals surface area contributed by atoms with Crippen LogP contribution in [0.5, 0.6) is 0 Å². The third-order valence-electron chi connectivity index (χ3n) is 3.39. The normalized spacial score (nSPS) is 10.4. The molecule has 0 spiro atoms. The number of anilines is 4. The van der Waals surface area contributed by atoms with Crippen LogP contribution in [0.15, 0.2) is 40.9 Å². The van der Waals surface area contributed by atoms with E-state index >= 15 is 0 Å². The molecular weight excluding hydrogens is 334 g/mol. The summed E-state index contributed by atoms with van der Waals surface area (Å²) in [4.78, 5) is 20.4. The molecule has 0 aliphatic heterocycles. The Morgan fingerprint density at radius 1 is 1.08 bits per heavy atom. The molecule has 2 heterocycles. The molecule has 0 aliphatic rings. The topological polar surface area (TPSA) is 102 Å². The molecule has 26 heavy (non-hydrogen) atoms. The second-order valence-electron chi connectivity index (χ2n) is 5.59. The zero-order valence-electron chi connectivity index (χ0n) is 14.7. The first-order valence-electron chi connectivity index (χ1n) is 8.13. The Morgan fingerprint density at radius 3 is 2.50 bits per heavy atom. The van der Waals surface area contributed by atoms with Gasteiger partial charge in [-0.05, 0) is 45.0 Å². The molecule has 8 heteroatoms. The Hall–Kier alpha value is -3.42. The first-order chi connectivity index (χ1) is 12.5. The number of aryl methyl sites for hydroxylation is 2. The molecule has 8 nitrogen and oxygen atoms in total. The summed E-state index contributed by atoms with van der Waals surface area (Å²) in [5.41, 5.74) is 2.08. The minimum absolute atomic E-state index is 0.341. The van der Waals surface area contributed by atoms with Crippen LogP contribution in [0.4, 0.5) is 23.3 Å². The number of nitrogens with one attached hydrogen (secondary N) is 2. The second-order valence-corrected chi connectivity index (χ2v) is 5.59. The highest BCUT2D eigenvalue weighted by Gasteiger charge is 2.08. The van der Waals surface area contributed by atoms with Gasteiger partial charge in [0.2, 0.25) is 5.95 Å². The van der Waals surface area contributed by atoms with Crippen molar-refractivity contribution in [2.75, 3.05) is 17.2 Å². The van der Waals surface area contributed by atoms with E-state index in [2.05, 4.69) is 25.8 Å². The van der Waals surface area contributed by atoms with Gasteiger partial charge in [-0.25, -0.2) is 9.78 Å². The van der Waals surface area contributed by atoms with Crippen molar-refractivity contribution in [1.82, 2.24) is 15.1 Å². The number of hydrogen-bond donors (Lipinski definition) is 2. The fraction of sp³-hybridized carbons (Fsp3) is 0.222. The smallest absolute Gasteiger partial charge is 0.338 e. The standard InChI is InChI=1S/C18H19N5O3/c1-4-25-17(24)13-5-7-14(8-6-13)20-15-9-11(2)19-18(21-15)22-16-10-12(3)26-23-16/h5-10H,4H2,1-3H3,(H2,19,20,21,22,23). The average Bonchev–Trinajstić information content (AvgIpc) is 3.00. The van der Waals surface area contributed by atoms with Gasteiger partial charge in [-0.2, -0.15) is 4.98 Å². The summed E-state index contributed by atoms with van der Waals surface area (Å²) >= 11 is 0. The predicted molar refractivity (Wildman–Crippen MR) is 97.0 cm³/mol. The van der Waals surface area contributed by atoms with E-state index in [4.69, 9.17) is 9.26 Å². The third-order valence-corrected chi connectivity index (χ3v) is 3.39. The molecule has 0 aliphatic carbocycles. The first-order valence-corrected chi connectivity index (χ1v) is 8.13. The number of carbonyl (C=O) groups excluding carboxylic acids is 1. The van der Waals surface area contributed by atoms with Gasteiger partial charge in [-0.15, -0.1) is 0 Å². The van der Waals surface area contributed by atoms with Crippen molar-refractivity contribution < 1.29 is 14.1 Å². The van der Waals surface area contributed by atoms with Gasteiger partial charge < -0.3 is 19.9 Å². The lowest BCUT2D eigenvalue weighted by Crippen LogP contribution is -2.05. The number of benzene rings is 1. The van der Waals surface area contributed by atoms with Gasteiger partial charge in [-0.1, -0.05) is 5.16 Å². The zero-order valence-corrected chi connectivity index (χ0v) is 14.7. The average molecular weight is 353 g/mol. The van der Waals surface area contributed by atoms with Gasteiger partial charge in [0.1, 0.15) is 11.6 Å². The SMILES string of the molecule is CCOC(=O)c1ccc(Nc2cc(C)nc(Nc3cc(C)on3)n2)cc1. The highest BCUT2D eigenvalue weighted by atomic mass is 16.5. The molecule has 3 aromatic rings. The minimum Gasteiger partial charge on any atom is -0.462 e. The monoisotopic (exact) mass is 353 g/mol. The Labute approximate surface area is 150 Å². The first kappa shape index (κ1) is 17.4. The summed E-state index contributed by atoms with van der Waals surface area (Å²) in [5.74, 6) is 1.91. The molecule has 0 fully saturated rings. The lowest BCUT2D eigenvalue weighted by molar-refractivity contribution is 0.0526. The molecule has 1 aromatic carbocycles. The summed E-state index contributed by atoms with van der Waals surface area (Å²) < 4.78 is 9.99. The predicted octanol–water partition coefficient (Wildman–Crippen LogP) is 3.75. The van der Waals surface area contributed by atoms with Gasteiger partial charge in [0.25, 0.3) is 0 Å². The van der Waals surface area contributed by atoms with E-state index < -0.39 is 0 Å². The van der Waals surface area contributed by atoms with E-state index in [0.717, 1.165) is 11.4 Å². The van der Waals surface area contributed by atoms with Crippen LogP contribution in [0.2, 0.25) is 0 Å². The number of carbonyl (C=O) groups is 1. The number of esters is 1. The Morgan fingerprint density at radius 2 is 1.85 bits per heavy atom. The van der Waals surface area contributed by atoms with Crippen molar-refractivity contribution >= 4 is 29.2 Å². The summed E-state index contributed by atoms with van der Waals surface area (Å²) in [5, 5.41) is 10.1. The number of hydrogen-bond acceptors (Lipinski definition) is 8. The molecule has 3 rings (SSSR count). The summed E-state index contributed by atoms with van der Waals surface area (Å²) in [6.07, 6.45) is 0. The largest absolute Gasteiger partial charge is 0.462 e. The van der Waals surface area contributed by atoms with Crippen molar-refractivity contribution in [3.8, 4) is 0 Å². The molecule has 0 saturated carbocycles. The number of rotatable bonds is 6. The van der Waals surface area contributed by atoms with Crippen LogP contribution in [0.25, 0.3) is 0 Å². The molecule has 0 unspecified atom stereocenters. The highest BCUT2D eigenvalue weighted by Crippen LogP contribution is 2.19. The van der Waals surface area contributed by atoms with Crippen molar-refractivity contribution in [2.45, 2.75) is 20.8 Å². The third kappa shape index (κ3) is 4.35. The van der Waals surface area contributed by atoms with Crippen LogP contribution in [-0.4, -0.2) is 27.7 Å². The van der Waals surface area contributed by atoms with E-state index in [1.807, 2.05) is 19.9 Å². The van der Waals surface area contributed by atoms with Crippen molar-refractivity contribution in [2.24, 2.45) is 0 Å².